The number of fused-ring (bicyclic) bond motifs is 1. The summed E-state index contributed by atoms with van der Waals surface area (Å²) in [7, 11) is 1.77. The Kier molecular flexibility index (Phi) is 8.47. The molecule has 6 nitrogen and oxygen atoms in total. The number of nitrogens with zero attached hydrogens (tertiary/aromatic N) is 2. The maximum absolute atomic E-state index is 13.5. The quantitative estimate of drug-likeness (QED) is 0.486. The molecule has 6 heteroatoms. The summed E-state index contributed by atoms with van der Waals surface area (Å²) in [6.07, 6.45) is 11.1. The van der Waals surface area contributed by atoms with E-state index in [2.05, 4.69) is 52.7 Å². The van der Waals surface area contributed by atoms with Crippen LogP contribution in [0.1, 0.15) is 62.1 Å². The van der Waals surface area contributed by atoms with Crippen LogP contribution >= 0.6 is 0 Å². The van der Waals surface area contributed by atoms with Crippen molar-refractivity contribution in [2.75, 3.05) is 40.0 Å². The number of amides is 1. The van der Waals surface area contributed by atoms with Crippen LogP contribution in [0.5, 0.6) is 0 Å². The van der Waals surface area contributed by atoms with Crippen molar-refractivity contribution in [3.8, 4) is 11.1 Å². The number of carbonyl (C=O) groups excluding carboxylic acids is 1. The number of rotatable bonds is 10. The number of benzene rings is 1. The minimum atomic E-state index is -0.0328. The topological polar surface area (TPSA) is 63.7 Å². The first-order chi connectivity index (χ1) is 17.7. The molecule has 1 aromatic heterocycles. The monoisotopic (exact) mass is 489 g/mol. The third-order valence-electron chi connectivity index (χ3n) is 7.64. The highest BCUT2D eigenvalue weighted by atomic mass is 16.5. The van der Waals surface area contributed by atoms with E-state index in [-0.39, 0.29) is 12.0 Å². The molecule has 2 aliphatic carbocycles. The van der Waals surface area contributed by atoms with Crippen LogP contribution in [0.4, 0.5) is 0 Å². The van der Waals surface area contributed by atoms with Crippen LogP contribution in [0, 0.1) is 0 Å². The van der Waals surface area contributed by atoms with E-state index in [0.717, 1.165) is 58.2 Å². The lowest BCUT2D eigenvalue weighted by Crippen LogP contribution is -2.43. The lowest BCUT2D eigenvalue weighted by molar-refractivity contribution is -0.134. The van der Waals surface area contributed by atoms with E-state index in [1.165, 1.54) is 28.0 Å². The number of hydrogen-bond acceptors (Lipinski definition) is 5. The van der Waals surface area contributed by atoms with Crippen LogP contribution in [0.25, 0.3) is 16.7 Å². The molecule has 2 aromatic rings. The predicted molar refractivity (Wildman–Crippen MR) is 143 cm³/mol. The fourth-order valence-corrected chi connectivity index (χ4v) is 5.63. The van der Waals surface area contributed by atoms with Gasteiger partial charge in [-0.25, -0.2) is 0 Å². The lowest BCUT2D eigenvalue weighted by atomic mass is 9.87. The molecule has 1 saturated carbocycles. The molecule has 0 spiro atoms. The Bertz CT molecular complexity index is 1040. The van der Waals surface area contributed by atoms with Crippen molar-refractivity contribution in [2.45, 2.75) is 63.0 Å². The fraction of sp³-hybridized carbons (Fsp3) is 0.533. The number of nitrogens with one attached hydrogen (secondary N) is 1. The molecule has 36 heavy (non-hydrogen) atoms. The second-order valence-corrected chi connectivity index (χ2v) is 10.3. The SMILES string of the molecule is COCCC[C@H]1CCC=C(CN(C(=O)C[C@H]2CNCCO2)C2CC2)c2c(-c3ccccc3)ccnc21. The average molecular weight is 490 g/mol. The Morgan fingerprint density at radius 1 is 1.19 bits per heavy atom. The normalized spacial score (nSPS) is 21.9. The van der Waals surface area contributed by atoms with Gasteiger partial charge in [-0.2, -0.15) is 0 Å². The molecule has 1 aromatic carbocycles. The highest BCUT2D eigenvalue weighted by Crippen LogP contribution is 2.41. The molecular formula is C30H39N3O3. The van der Waals surface area contributed by atoms with Gasteiger partial charge in [-0.15, -0.1) is 0 Å². The van der Waals surface area contributed by atoms with Crippen LogP contribution in [0.2, 0.25) is 0 Å². The number of carbonyl (C=O) groups is 1. The van der Waals surface area contributed by atoms with E-state index >= 15 is 0 Å². The van der Waals surface area contributed by atoms with Crippen molar-refractivity contribution < 1.29 is 14.3 Å². The van der Waals surface area contributed by atoms with Crippen molar-refractivity contribution in [3.05, 3.63) is 59.9 Å². The summed E-state index contributed by atoms with van der Waals surface area (Å²) >= 11 is 0. The minimum Gasteiger partial charge on any atom is -0.385 e. The van der Waals surface area contributed by atoms with Crippen molar-refractivity contribution in [3.63, 3.8) is 0 Å². The first-order valence-corrected chi connectivity index (χ1v) is 13.6. The maximum Gasteiger partial charge on any atom is 0.225 e. The van der Waals surface area contributed by atoms with Crippen molar-refractivity contribution in [1.29, 1.82) is 0 Å². The third-order valence-corrected chi connectivity index (χ3v) is 7.64. The van der Waals surface area contributed by atoms with Gasteiger partial charge in [-0.3, -0.25) is 9.78 Å². The molecular weight excluding hydrogens is 450 g/mol. The Labute approximate surface area is 215 Å². The van der Waals surface area contributed by atoms with Crippen LogP contribution < -0.4 is 5.32 Å². The molecule has 2 heterocycles. The molecule has 3 aliphatic rings. The molecule has 0 bridgehead atoms. The summed E-state index contributed by atoms with van der Waals surface area (Å²) in [5.74, 6) is 0.596. The van der Waals surface area contributed by atoms with Crippen molar-refractivity contribution in [2.24, 2.45) is 0 Å². The van der Waals surface area contributed by atoms with Gasteiger partial charge in [0.1, 0.15) is 0 Å². The van der Waals surface area contributed by atoms with Gasteiger partial charge < -0.3 is 19.7 Å². The molecule has 192 valence electrons. The van der Waals surface area contributed by atoms with Crippen molar-refractivity contribution >= 4 is 11.5 Å². The number of pyridine rings is 1. The molecule has 5 rings (SSSR count). The molecule has 1 saturated heterocycles. The maximum atomic E-state index is 13.5. The van der Waals surface area contributed by atoms with Crippen LogP contribution in [0.3, 0.4) is 0 Å². The molecule has 1 amide bonds. The Hall–Kier alpha value is -2.54. The van der Waals surface area contributed by atoms with Gasteiger partial charge >= 0.3 is 0 Å². The van der Waals surface area contributed by atoms with E-state index in [4.69, 9.17) is 14.5 Å². The zero-order valence-corrected chi connectivity index (χ0v) is 21.5. The standard InChI is InChI=1S/C30H39N3O3/c1-35-17-6-11-23-9-5-10-24(29-27(14-15-32-30(23)29)22-7-3-2-4-8-22)21-33(25-12-13-25)28(34)19-26-20-31-16-18-36-26/h2-4,7-8,10,14-15,23,25-26,31H,5-6,9,11-13,16-21H2,1H3/t23-,26+/m1/s1. The van der Waals surface area contributed by atoms with E-state index < -0.39 is 0 Å². The number of aromatic nitrogens is 1. The first kappa shape index (κ1) is 25.1. The highest BCUT2D eigenvalue weighted by molar-refractivity contribution is 5.86. The lowest BCUT2D eigenvalue weighted by Gasteiger charge is -2.29. The summed E-state index contributed by atoms with van der Waals surface area (Å²) in [5, 5.41) is 3.35. The van der Waals surface area contributed by atoms with Gasteiger partial charge in [0.05, 0.1) is 24.8 Å². The Morgan fingerprint density at radius 3 is 2.81 bits per heavy atom. The number of methoxy groups -OCH3 is 1. The molecule has 0 unspecified atom stereocenters. The predicted octanol–water partition coefficient (Wildman–Crippen LogP) is 4.81. The number of allylic oxidation sites excluding steroid dienone is 1. The third kappa shape index (κ3) is 6.05. The van der Waals surface area contributed by atoms with Gasteiger partial charge in [-0.1, -0.05) is 36.4 Å². The van der Waals surface area contributed by atoms with Gasteiger partial charge in [0.2, 0.25) is 5.91 Å². The highest BCUT2D eigenvalue weighted by Gasteiger charge is 2.35. The molecule has 1 N–H and O–H groups in total. The van der Waals surface area contributed by atoms with Crippen LogP contribution in [-0.4, -0.2) is 67.9 Å². The molecule has 1 aliphatic heterocycles. The minimum absolute atomic E-state index is 0.0328. The summed E-state index contributed by atoms with van der Waals surface area (Å²) in [4.78, 5) is 20.6. The summed E-state index contributed by atoms with van der Waals surface area (Å²) in [5.41, 5.74) is 6.07. The average Bonchev–Trinajstić information content (AvgIpc) is 3.77. The largest absolute Gasteiger partial charge is 0.385 e. The second-order valence-electron chi connectivity index (χ2n) is 10.3. The molecule has 2 fully saturated rings. The van der Waals surface area contributed by atoms with Crippen molar-refractivity contribution in [1.82, 2.24) is 15.2 Å². The molecule has 0 radical (unpaired) electrons. The number of morpholine rings is 1. The van der Waals surface area contributed by atoms with E-state index in [1.807, 2.05) is 6.20 Å². The summed E-state index contributed by atoms with van der Waals surface area (Å²) in [6.45, 7) is 3.71. The van der Waals surface area contributed by atoms with E-state index in [9.17, 15) is 4.79 Å². The summed E-state index contributed by atoms with van der Waals surface area (Å²) in [6, 6.07) is 13.1. The Morgan fingerprint density at radius 2 is 2.06 bits per heavy atom. The van der Waals surface area contributed by atoms with E-state index in [0.29, 0.717) is 31.5 Å². The van der Waals surface area contributed by atoms with Gasteiger partial charge in [0, 0.05) is 57.1 Å². The Balaban J connectivity index is 1.46. The number of ether oxygens (including phenoxy) is 2. The van der Waals surface area contributed by atoms with Gasteiger partial charge in [0.15, 0.2) is 0 Å². The van der Waals surface area contributed by atoms with E-state index in [1.54, 1.807) is 7.11 Å². The summed E-state index contributed by atoms with van der Waals surface area (Å²) < 4.78 is 11.2. The molecule has 2 atom stereocenters. The van der Waals surface area contributed by atoms with Crippen LogP contribution in [-0.2, 0) is 14.3 Å². The zero-order chi connectivity index (χ0) is 24.7. The van der Waals surface area contributed by atoms with Gasteiger partial charge in [-0.05, 0) is 61.3 Å². The smallest absolute Gasteiger partial charge is 0.225 e. The number of hydrogen-bond donors (Lipinski definition) is 1. The zero-order valence-electron chi connectivity index (χ0n) is 21.5. The van der Waals surface area contributed by atoms with Gasteiger partial charge in [0.25, 0.3) is 0 Å². The first-order valence-electron chi connectivity index (χ1n) is 13.6. The van der Waals surface area contributed by atoms with Crippen LogP contribution in [0.15, 0.2) is 48.7 Å². The second kappa shape index (κ2) is 12.1. The fourth-order valence-electron chi connectivity index (χ4n) is 5.63.